The Bertz CT molecular complexity index is 792. The number of hydrogen-bond donors (Lipinski definition) is 2. The van der Waals surface area contributed by atoms with Crippen molar-refractivity contribution in [3.63, 3.8) is 0 Å². The molecule has 0 aromatic heterocycles. The number of phosphoric acid groups is 1. The number of phosphoric ester groups is 1. The fourth-order valence-corrected chi connectivity index (χ4v) is 5.31. The van der Waals surface area contributed by atoms with Gasteiger partial charge < -0.3 is 19.3 Å². The summed E-state index contributed by atoms with van der Waals surface area (Å²) in [6, 6.07) is 0. The van der Waals surface area contributed by atoms with Gasteiger partial charge in [-0.05, 0) is 64.2 Å². The Hall–Kier alpha value is -1.47. The summed E-state index contributed by atoms with van der Waals surface area (Å²) in [7, 11) is -4.75. The fourth-order valence-electron chi connectivity index (χ4n) is 4.95. The number of rotatable bonds is 33. The summed E-state index contributed by atoms with van der Waals surface area (Å²) in [6.45, 7) is 3.62. The number of ether oxygens (including phenoxy) is 2. The van der Waals surface area contributed by atoms with Crippen LogP contribution in [0, 0.1) is 0 Å². The standard InChI is InChI=1S/C36H67O8P/c1-3-5-7-9-11-13-15-17-18-19-21-23-25-27-29-31-36(38)44-34(33-43-45(39,40)41)32-42-35(37)30-28-26-24-22-20-16-14-12-10-8-6-4-2/h12,14,17-18,34H,3-11,13,15-16,19-33H2,1-2H3,(H2,39,40,41)/b14-12-,18-17-. The zero-order valence-electron chi connectivity index (χ0n) is 28.8. The highest BCUT2D eigenvalue weighted by atomic mass is 31.2. The maximum atomic E-state index is 12.3. The van der Waals surface area contributed by atoms with Gasteiger partial charge in [0.2, 0.25) is 0 Å². The van der Waals surface area contributed by atoms with Crippen LogP contribution >= 0.6 is 7.82 Å². The van der Waals surface area contributed by atoms with Crippen LogP contribution in [0.25, 0.3) is 0 Å². The number of unbranched alkanes of at least 4 members (excludes halogenated alkanes) is 19. The average Bonchev–Trinajstić information content (AvgIpc) is 3.00. The Morgan fingerprint density at radius 1 is 0.556 bits per heavy atom. The Balaban J connectivity index is 4.00. The van der Waals surface area contributed by atoms with E-state index in [0.29, 0.717) is 12.8 Å². The van der Waals surface area contributed by atoms with Crippen molar-refractivity contribution in [3.05, 3.63) is 24.3 Å². The van der Waals surface area contributed by atoms with Crippen LogP contribution in [0.5, 0.6) is 0 Å². The van der Waals surface area contributed by atoms with Gasteiger partial charge in [0.05, 0.1) is 6.61 Å². The summed E-state index contributed by atoms with van der Waals surface area (Å²) >= 11 is 0. The van der Waals surface area contributed by atoms with E-state index in [-0.39, 0.29) is 19.4 Å². The number of hydrogen-bond acceptors (Lipinski definition) is 6. The summed E-state index contributed by atoms with van der Waals surface area (Å²) in [5, 5.41) is 0. The SMILES string of the molecule is CCCCC/C=C\CCCCCCCC(=O)OCC(COP(=O)(O)O)OC(=O)CCCCCCC/C=C\CCCCCCCC. The van der Waals surface area contributed by atoms with Crippen LogP contribution in [0.3, 0.4) is 0 Å². The van der Waals surface area contributed by atoms with Gasteiger partial charge in [0.1, 0.15) is 6.61 Å². The zero-order chi connectivity index (χ0) is 33.3. The second kappa shape index (κ2) is 32.5. The molecular weight excluding hydrogens is 591 g/mol. The largest absolute Gasteiger partial charge is 0.469 e. The summed E-state index contributed by atoms with van der Waals surface area (Å²) in [6.07, 6.45) is 34.7. The smallest absolute Gasteiger partial charge is 0.462 e. The minimum Gasteiger partial charge on any atom is -0.462 e. The van der Waals surface area contributed by atoms with Crippen LogP contribution in [0.2, 0.25) is 0 Å². The monoisotopic (exact) mass is 658 g/mol. The van der Waals surface area contributed by atoms with Crippen molar-refractivity contribution in [1.82, 2.24) is 0 Å². The van der Waals surface area contributed by atoms with Crippen LogP contribution in [0.1, 0.15) is 174 Å². The normalized spacial score (nSPS) is 12.7. The molecule has 0 heterocycles. The van der Waals surface area contributed by atoms with Crippen molar-refractivity contribution in [3.8, 4) is 0 Å². The van der Waals surface area contributed by atoms with E-state index in [2.05, 4.69) is 42.7 Å². The molecule has 0 radical (unpaired) electrons. The summed E-state index contributed by atoms with van der Waals surface area (Å²) in [5.74, 6) is -0.904. The molecule has 0 spiro atoms. The first-order valence-corrected chi connectivity index (χ1v) is 19.7. The lowest BCUT2D eigenvalue weighted by Gasteiger charge is -2.18. The van der Waals surface area contributed by atoms with Crippen LogP contribution in [0.4, 0.5) is 0 Å². The van der Waals surface area contributed by atoms with Gasteiger partial charge in [0.25, 0.3) is 0 Å². The average molecular weight is 659 g/mol. The topological polar surface area (TPSA) is 119 Å². The van der Waals surface area contributed by atoms with E-state index >= 15 is 0 Å². The maximum absolute atomic E-state index is 12.3. The molecule has 8 nitrogen and oxygen atoms in total. The number of allylic oxidation sites excluding steroid dienone is 4. The summed E-state index contributed by atoms with van der Waals surface area (Å²) < 4.78 is 26.2. The first kappa shape index (κ1) is 43.5. The second-order valence-corrected chi connectivity index (χ2v) is 13.4. The summed E-state index contributed by atoms with van der Waals surface area (Å²) in [4.78, 5) is 42.6. The molecule has 0 aliphatic heterocycles. The number of carbonyl (C=O) groups is 2. The molecular formula is C36H67O8P. The molecule has 0 aromatic rings. The van der Waals surface area contributed by atoms with Crippen molar-refractivity contribution >= 4 is 19.8 Å². The van der Waals surface area contributed by atoms with Crippen molar-refractivity contribution in [1.29, 1.82) is 0 Å². The fraction of sp³-hybridized carbons (Fsp3) is 0.833. The molecule has 9 heteroatoms. The molecule has 0 saturated heterocycles. The Labute approximate surface area is 275 Å². The third-order valence-electron chi connectivity index (χ3n) is 7.69. The lowest BCUT2D eigenvalue weighted by Crippen LogP contribution is -2.29. The van der Waals surface area contributed by atoms with Crippen LogP contribution in [0.15, 0.2) is 24.3 Å². The van der Waals surface area contributed by atoms with Gasteiger partial charge >= 0.3 is 19.8 Å². The molecule has 264 valence electrons. The van der Waals surface area contributed by atoms with Gasteiger partial charge in [0, 0.05) is 12.8 Å². The van der Waals surface area contributed by atoms with Crippen molar-refractivity contribution in [2.75, 3.05) is 13.2 Å². The molecule has 45 heavy (non-hydrogen) atoms. The van der Waals surface area contributed by atoms with Gasteiger partial charge in [-0.2, -0.15) is 0 Å². The molecule has 0 bridgehead atoms. The third-order valence-corrected chi connectivity index (χ3v) is 8.18. The highest BCUT2D eigenvalue weighted by Gasteiger charge is 2.22. The minimum atomic E-state index is -4.75. The Kier molecular flexibility index (Phi) is 31.4. The van der Waals surface area contributed by atoms with E-state index in [0.717, 1.165) is 64.2 Å². The van der Waals surface area contributed by atoms with E-state index in [1.807, 2.05) is 0 Å². The molecule has 0 aliphatic carbocycles. The highest BCUT2D eigenvalue weighted by molar-refractivity contribution is 7.46. The van der Waals surface area contributed by atoms with E-state index in [1.165, 1.54) is 70.6 Å². The van der Waals surface area contributed by atoms with E-state index in [1.54, 1.807) is 0 Å². The van der Waals surface area contributed by atoms with E-state index in [4.69, 9.17) is 19.3 Å². The second-order valence-electron chi connectivity index (χ2n) is 12.2. The number of carbonyl (C=O) groups excluding carboxylic acids is 2. The molecule has 0 amide bonds. The van der Waals surface area contributed by atoms with Gasteiger partial charge in [-0.25, -0.2) is 4.57 Å². The molecule has 0 rings (SSSR count). The predicted molar refractivity (Wildman–Crippen MR) is 184 cm³/mol. The lowest BCUT2D eigenvalue weighted by atomic mass is 10.1. The molecule has 0 saturated carbocycles. The zero-order valence-corrected chi connectivity index (χ0v) is 29.7. The van der Waals surface area contributed by atoms with Gasteiger partial charge in [-0.3, -0.25) is 14.1 Å². The van der Waals surface area contributed by atoms with Crippen LogP contribution in [-0.2, 0) is 28.2 Å². The van der Waals surface area contributed by atoms with Crippen LogP contribution < -0.4 is 0 Å². The highest BCUT2D eigenvalue weighted by Crippen LogP contribution is 2.36. The first-order chi connectivity index (χ1) is 21.8. The Morgan fingerprint density at radius 2 is 0.933 bits per heavy atom. The van der Waals surface area contributed by atoms with Crippen molar-refractivity contribution in [2.45, 2.75) is 180 Å². The molecule has 0 aromatic carbocycles. The molecule has 2 N–H and O–H groups in total. The van der Waals surface area contributed by atoms with Gasteiger partial charge in [-0.1, -0.05) is 122 Å². The van der Waals surface area contributed by atoms with Crippen molar-refractivity contribution < 1.29 is 37.9 Å². The molecule has 0 fully saturated rings. The number of esters is 2. The quantitative estimate of drug-likeness (QED) is 0.0309. The van der Waals surface area contributed by atoms with Gasteiger partial charge in [0.15, 0.2) is 6.10 Å². The molecule has 0 aliphatic rings. The van der Waals surface area contributed by atoms with Crippen molar-refractivity contribution in [2.24, 2.45) is 0 Å². The Morgan fingerprint density at radius 3 is 1.40 bits per heavy atom. The van der Waals surface area contributed by atoms with Crippen LogP contribution in [-0.4, -0.2) is 41.0 Å². The van der Waals surface area contributed by atoms with Gasteiger partial charge in [-0.15, -0.1) is 0 Å². The first-order valence-electron chi connectivity index (χ1n) is 18.1. The van der Waals surface area contributed by atoms with E-state index in [9.17, 15) is 14.2 Å². The third kappa shape index (κ3) is 35.2. The lowest BCUT2D eigenvalue weighted by molar-refractivity contribution is -0.161. The van der Waals surface area contributed by atoms with E-state index < -0.39 is 32.5 Å². The minimum absolute atomic E-state index is 0.202. The predicted octanol–water partition coefficient (Wildman–Crippen LogP) is 10.5. The summed E-state index contributed by atoms with van der Waals surface area (Å²) in [5.41, 5.74) is 0. The maximum Gasteiger partial charge on any atom is 0.469 e. The molecule has 1 unspecified atom stereocenters. The molecule has 1 atom stereocenters.